The molecule has 2 aromatic carbocycles. The van der Waals surface area contributed by atoms with Gasteiger partial charge in [-0.25, -0.2) is 13.1 Å². The zero-order valence-corrected chi connectivity index (χ0v) is 14.5. The molecule has 0 radical (unpaired) electrons. The van der Waals surface area contributed by atoms with Gasteiger partial charge in [-0.3, -0.25) is 4.79 Å². The van der Waals surface area contributed by atoms with Crippen molar-refractivity contribution in [2.75, 3.05) is 13.2 Å². The molecule has 8 heteroatoms. The number of fused-ring (bicyclic) bond motifs is 2. The Balaban J connectivity index is 1.53. The van der Waals surface area contributed by atoms with Gasteiger partial charge in [0.1, 0.15) is 13.2 Å². The number of aromatic amines is 1. The van der Waals surface area contributed by atoms with Crippen LogP contribution >= 0.6 is 0 Å². The van der Waals surface area contributed by atoms with Crippen molar-refractivity contribution in [3.8, 4) is 11.5 Å². The van der Waals surface area contributed by atoms with Crippen molar-refractivity contribution < 1.29 is 22.7 Å². The molecule has 0 saturated heterocycles. The van der Waals surface area contributed by atoms with Crippen LogP contribution in [0, 0.1) is 0 Å². The molecule has 2 heterocycles. The number of ether oxygens (including phenoxy) is 2. The number of sulfonamides is 1. The van der Waals surface area contributed by atoms with Gasteiger partial charge in [-0.1, -0.05) is 18.2 Å². The zero-order chi connectivity index (χ0) is 18.1. The highest BCUT2D eigenvalue weighted by Gasteiger charge is 2.22. The first-order valence-electron chi connectivity index (χ1n) is 8.03. The monoisotopic (exact) mass is 372 g/mol. The van der Waals surface area contributed by atoms with Crippen LogP contribution in [0.25, 0.3) is 10.9 Å². The minimum Gasteiger partial charge on any atom is -0.486 e. The van der Waals surface area contributed by atoms with E-state index in [0.29, 0.717) is 24.7 Å². The summed E-state index contributed by atoms with van der Waals surface area (Å²) in [5, 5.41) is 0.888. The van der Waals surface area contributed by atoms with Crippen molar-refractivity contribution in [1.82, 2.24) is 9.71 Å². The van der Waals surface area contributed by atoms with E-state index in [0.717, 1.165) is 16.5 Å². The van der Waals surface area contributed by atoms with Crippen LogP contribution in [0.3, 0.4) is 0 Å². The largest absolute Gasteiger partial charge is 0.486 e. The highest BCUT2D eigenvalue weighted by atomic mass is 32.2. The Hall–Kier alpha value is -3.00. The van der Waals surface area contributed by atoms with Gasteiger partial charge in [0, 0.05) is 23.2 Å². The van der Waals surface area contributed by atoms with Crippen molar-refractivity contribution in [2.45, 2.75) is 11.3 Å². The van der Waals surface area contributed by atoms with Crippen LogP contribution in [-0.2, 0) is 21.2 Å². The minimum atomic E-state index is -3.99. The molecule has 1 aliphatic rings. The lowest BCUT2D eigenvalue weighted by Gasteiger charge is -2.18. The maximum Gasteiger partial charge on any atom is 0.264 e. The molecule has 1 aliphatic heterocycles. The standard InChI is InChI=1S/C18H16N2O5S/c21-18(9-12-11-19-15-4-2-1-3-14(12)15)20-26(22,23)13-5-6-16-17(10-13)25-8-7-24-16/h1-6,10-11,19H,7-9H2,(H,20,21). The normalized spacial score (nSPS) is 13.5. The lowest BCUT2D eigenvalue weighted by molar-refractivity contribution is -0.118. The number of amides is 1. The Morgan fingerprint density at radius 1 is 1.08 bits per heavy atom. The van der Waals surface area contributed by atoms with E-state index in [-0.39, 0.29) is 11.3 Å². The number of nitrogens with one attached hydrogen (secondary N) is 2. The minimum absolute atomic E-state index is 0.0472. The van der Waals surface area contributed by atoms with Crippen LogP contribution in [-0.4, -0.2) is 32.5 Å². The van der Waals surface area contributed by atoms with Crippen molar-refractivity contribution >= 4 is 26.8 Å². The second kappa shape index (κ2) is 6.38. The van der Waals surface area contributed by atoms with Gasteiger partial charge in [0.15, 0.2) is 11.5 Å². The summed E-state index contributed by atoms with van der Waals surface area (Å²) in [7, 11) is -3.99. The predicted octanol–water partition coefficient (Wildman–Crippen LogP) is 1.99. The van der Waals surface area contributed by atoms with Gasteiger partial charge < -0.3 is 14.5 Å². The van der Waals surface area contributed by atoms with E-state index < -0.39 is 15.9 Å². The van der Waals surface area contributed by atoms with Gasteiger partial charge in [-0.2, -0.15) is 0 Å². The van der Waals surface area contributed by atoms with E-state index in [4.69, 9.17) is 9.47 Å². The van der Waals surface area contributed by atoms with Gasteiger partial charge in [-0.15, -0.1) is 0 Å². The second-order valence-corrected chi connectivity index (χ2v) is 7.55. The number of aromatic nitrogens is 1. The molecule has 1 amide bonds. The van der Waals surface area contributed by atoms with Crippen molar-refractivity contribution in [1.29, 1.82) is 0 Å². The molecule has 4 rings (SSSR count). The van der Waals surface area contributed by atoms with Crippen LogP contribution in [0.4, 0.5) is 0 Å². The first-order chi connectivity index (χ1) is 12.5. The van der Waals surface area contributed by atoms with E-state index in [1.165, 1.54) is 18.2 Å². The molecule has 1 aromatic heterocycles. The molecule has 26 heavy (non-hydrogen) atoms. The second-order valence-electron chi connectivity index (χ2n) is 5.87. The fourth-order valence-corrected chi connectivity index (χ4v) is 3.89. The summed E-state index contributed by atoms with van der Waals surface area (Å²) in [6.07, 6.45) is 1.66. The Labute approximate surface area is 150 Å². The summed E-state index contributed by atoms with van der Waals surface area (Å²) in [6, 6.07) is 11.8. The summed E-state index contributed by atoms with van der Waals surface area (Å²) in [4.78, 5) is 15.3. The fraction of sp³-hybridized carbons (Fsp3) is 0.167. The van der Waals surface area contributed by atoms with Gasteiger partial charge in [0.25, 0.3) is 10.0 Å². The Bertz CT molecular complexity index is 1090. The average Bonchev–Trinajstić information content (AvgIpc) is 3.04. The quantitative estimate of drug-likeness (QED) is 0.730. The number of carbonyl (C=O) groups is 1. The smallest absolute Gasteiger partial charge is 0.264 e. The molecule has 7 nitrogen and oxygen atoms in total. The third-order valence-electron chi connectivity index (χ3n) is 4.10. The van der Waals surface area contributed by atoms with Crippen LogP contribution in [0.15, 0.2) is 53.6 Å². The summed E-state index contributed by atoms with van der Waals surface area (Å²) in [5.41, 5.74) is 1.63. The van der Waals surface area contributed by atoms with Gasteiger partial charge >= 0.3 is 0 Å². The molecular weight excluding hydrogens is 356 g/mol. The van der Waals surface area contributed by atoms with Crippen LogP contribution in [0.2, 0.25) is 0 Å². The maximum atomic E-state index is 12.5. The predicted molar refractivity (Wildman–Crippen MR) is 94.8 cm³/mol. The van der Waals surface area contributed by atoms with E-state index in [9.17, 15) is 13.2 Å². The molecular formula is C18H16N2O5S. The number of hydrogen-bond donors (Lipinski definition) is 2. The number of carbonyl (C=O) groups excluding carboxylic acids is 1. The van der Waals surface area contributed by atoms with Gasteiger partial charge in [-0.05, 0) is 23.8 Å². The molecule has 0 spiro atoms. The lowest BCUT2D eigenvalue weighted by Crippen LogP contribution is -2.31. The molecule has 134 valence electrons. The van der Waals surface area contributed by atoms with Crippen LogP contribution in [0.5, 0.6) is 11.5 Å². The number of hydrogen-bond acceptors (Lipinski definition) is 5. The van der Waals surface area contributed by atoms with E-state index >= 15 is 0 Å². The molecule has 3 aromatic rings. The fourth-order valence-electron chi connectivity index (χ4n) is 2.89. The van der Waals surface area contributed by atoms with E-state index in [1.807, 2.05) is 24.3 Å². The van der Waals surface area contributed by atoms with Crippen LogP contribution in [0.1, 0.15) is 5.56 Å². The Morgan fingerprint density at radius 3 is 2.69 bits per heavy atom. The Kier molecular flexibility index (Phi) is 4.04. The van der Waals surface area contributed by atoms with E-state index in [1.54, 1.807) is 6.20 Å². The van der Waals surface area contributed by atoms with Crippen molar-refractivity contribution in [3.63, 3.8) is 0 Å². The SMILES string of the molecule is O=C(Cc1c[nH]c2ccccc12)NS(=O)(=O)c1ccc2c(c1)OCCO2. The summed E-state index contributed by atoms with van der Waals surface area (Å²) in [5.74, 6) is 0.230. The Morgan fingerprint density at radius 2 is 1.85 bits per heavy atom. The third kappa shape index (κ3) is 3.11. The van der Waals surface area contributed by atoms with Crippen molar-refractivity contribution in [3.05, 3.63) is 54.2 Å². The summed E-state index contributed by atoms with van der Waals surface area (Å²) in [6.45, 7) is 0.768. The third-order valence-corrected chi connectivity index (χ3v) is 5.47. The topological polar surface area (TPSA) is 97.5 Å². The molecule has 0 aliphatic carbocycles. The van der Waals surface area contributed by atoms with Gasteiger partial charge in [0.05, 0.1) is 11.3 Å². The molecule has 2 N–H and O–H groups in total. The molecule has 0 saturated carbocycles. The summed E-state index contributed by atoms with van der Waals surface area (Å²) >= 11 is 0. The zero-order valence-electron chi connectivity index (χ0n) is 13.7. The van der Waals surface area contributed by atoms with Crippen LogP contribution < -0.4 is 14.2 Å². The number of benzene rings is 2. The first kappa shape index (κ1) is 16.5. The number of rotatable bonds is 4. The van der Waals surface area contributed by atoms with E-state index in [2.05, 4.69) is 9.71 Å². The maximum absolute atomic E-state index is 12.5. The highest BCUT2D eigenvalue weighted by Crippen LogP contribution is 2.32. The summed E-state index contributed by atoms with van der Waals surface area (Å²) < 4.78 is 37.8. The molecule has 0 atom stereocenters. The highest BCUT2D eigenvalue weighted by molar-refractivity contribution is 7.90. The lowest BCUT2D eigenvalue weighted by atomic mass is 10.1. The van der Waals surface area contributed by atoms with Gasteiger partial charge in [0.2, 0.25) is 5.91 Å². The first-order valence-corrected chi connectivity index (χ1v) is 9.51. The average molecular weight is 372 g/mol. The van der Waals surface area contributed by atoms with Crippen molar-refractivity contribution in [2.24, 2.45) is 0 Å². The molecule has 0 bridgehead atoms. The molecule has 0 fully saturated rings. The number of para-hydroxylation sites is 1. The number of H-pyrrole nitrogens is 1. The molecule has 0 unspecified atom stereocenters.